The lowest BCUT2D eigenvalue weighted by Crippen LogP contribution is -2.47. The van der Waals surface area contributed by atoms with E-state index in [2.05, 4.69) is 31.4 Å². The molecule has 6 nitrogen and oxygen atoms in total. The van der Waals surface area contributed by atoms with Gasteiger partial charge in [-0.25, -0.2) is 12.7 Å². The smallest absolute Gasteiger partial charge is 0.242 e. The molecule has 2 N–H and O–H groups in total. The lowest BCUT2D eigenvalue weighted by atomic mass is 9.69. The third kappa shape index (κ3) is 5.78. The Morgan fingerprint density at radius 1 is 1.14 bits per heavy atom. The van der Waals surface area contributed by atoms with Crippen molar-refractivity contribution in [1.82, 2.24) is 14.9 Å². The molecule has 158 valence electrons. The normalized spacial score (nSPS) is 20.9. The van der Waals surface area contributed by atoms with E-state index in [0.29, 0.717) is 17.5 Å². The van der Waals surface area contributed by atoms with Crippen LogP contribution in [0.3, 0.4) is 0 Å². The van der Waals surface area contributed by atoms with Gasteiger partial charge in [-0.15, -0.1) is 0 Å². The monoisotopic (exact) mass is 409 g/mol. The van der Waals surface area contributed by atoms with E-state index in [9.17, 15) is 13.2 Å². The predicted molar refractivity (Wildman–Crippen MR) is 112 cm³/mol. The van der Waals surface area contributed by atoms with Gasteiger partial charge in [0.25, 0.3) is 0 Å². The van der Waals surface area contributed by atoms with E-state index in [0.717, 1.165) is 6.42 Å². The Morgan fingerprint density at radius 3 is 2.43 bits per heavy atom. The Morgan fingerprint density at radius 2 is 1.79 bits per heavy atom. The third-order valence-electron chi connectivity index (χ3n) is 5.61. The van der Waals surface area contributed by atoms with Crippen LogP contribution >= 0.6 is 0 Å². The maximum Gasteiger partial charge on any atom is 0.242 e. The summed E-state index contributed by atoms with van der Waals surface area (Å²) in [5.74, 6) is 0.440. The summed E-state index contributed by atoms with van der Waals surface area (Å²) in [5, 5.41) is 6.30. The maximum atomic E-state index is 12.5. The first kappa shape index (κ1) is 22.8. The van der Waals surface area contributed by atoms with Crippen molar-refractivity contribution in [2.45, 2.75) is 63.9 Å². The second kappa shape index (κ2) is 9.37. The van der Waals surface area contributed by atoms with Gasteiger partial charge < -0.3 is 10.6 Å². The van der Waals surface area contributed by atoms with E-state index in [1.54, 1.807) is 24.3 Å². The average molecular weight is 410 g/mol. The zero-order valence-corrected chi connectivity index (χ0v) is 18.6. The van der Waals surface area contributed by atoms with Crippen molar-refractivity contribution < 1.29 is 13.2 Å². The second-order valence-electron chi connectivity index (χ2n) is 8.92. The Balaban J connectivity index is 1.95. The van der Waals surface area contributed by atoms with Gasteiger partial charge in [-0.05, 0) is 35.8 Å². The molecule has 1 saturated carbocycles. The highest BCUT2D eigenvalue weighted by Crippen LogP contribution is 2.37. The molecule has 0 aliphatic heterocycles. The van der Waals surface area contributed by atoms with Crippen LogP contribution in [0.4, 0.5) is 0 Å². The lowest BCUT2D eigenvalue weighted by Gasteiger charge is -2.40. The number of benzene rings is 1. The Kier molecular flexibility index (Phi) is 7.65. The van der Waals surface area contributed by atoms with Gasteiger partial charge in [-0.2, -0.15) is 0 Å². The summed E-state index contributed by atoms with van der Waals surface area (Å²) in [6.45, 7) is 7.23. The molecule has 0 radical (unpaired) electrons. The quantitative estimate of drug-likeness (QED) is 0.726. The summed E-state index contributed by atoms with van der Waals surface area (Å²) in [6, 6.07) is 7.14. The van der Waals surface area contributed by atoms with Crippen LogP contribution in [0.15, 0.2) is 29.2 Å². The average Bonchev–Trinajstić information content (AvgIpc) is 2.64. The van der Waals surface area contributed by atoms with Crippen LogP contribution in [0.2, 0.25) is 0 Å². The van der Waals surface area contributed by atoms with Gasteiger partial charge in [0.15, 0.2) is 0 Å². The first-order chi connectivity index (χ1) is 13.0. The molecule has 1 aliphatic rings. The molecular formula is C21H35N3O3S. The van der Waals surface area contributed by atoms with Crippen LogP contribution < -0.4 is 10.6 Å². The topological polar surface area (TPSA) is 78.5 Å². The minimum Gasteiger partial charge on any atom is -0.351 e. The van der Waals surface area contributed by atoms with Gasteiger partial charge in [0, 0.05) is 26.7 Å². The summed E-state index contributed by atoms with van der Waals surface area (Å²) in [4.78, 5) is 12.6. The third-order valence-corrected chi connectivity index (χ3v) is 7.53. The summed E-state index contributed by atoms with van der Waals surface area (Å²) in [6.07, 6.45) is 4.74. The highest BCUT2D eigenvalue weighted by Gasteiger charge is 2.34. The van der Waals surface area contributed by atoms with Gasteiger partial charge in [0.05, 0.1) is 11.4 Å². The van der Waals surface area contributed by atoms with Crippen LogP contribution in [0.5, 0.6) is 0 Å². The molecular weight excluding hydrogens is 374 g/mol. The fourth-order valence-corrected chi connectivity index (χ4v) is 5.11. The molecule has 0 spiro atoms. The molecule has 2 atom stereocenters. The maximum absolute atomic E-state index is 12.5. The van der Waals surface area contributed by atoms with Crippen molar-refractivity contribution in [3.63, 3.8) is 0 Å². The highest BCUT2D eigenvalue weighted by atomic mass is 32.2. The lowest BCUT2D eigenvalue weighted by molar-refractivity contribution is -0.120. The first-order valence-corrected chi connectivity index (χ1v) is 11.5. The zero-order valence-electron chi connectivity index (χ0n) is 17.8. The van der Waals surface area contributed by atoms with E-state index in [4.69, 9.17) is 0 Å². The zero-order chi connectivity index (χ0) is 20.9. The summed E-state index contributed by atoms with van der Waals surface area (Å²) in [5.41, 5.74) is 0.809. The molecule has 0 saturated heterocycles. The number of sulfonamides is 1. The number of carbonyl (C=O) groups excluding carboxylic acids is 1. The largest absolute Gasteiger partial charge is 0.351 e. The van der Waals surface area contributed by atoms with Crippen LogP contribution in [-0.4, -0.2) is 45.3 Å². The molecule has 1 aliphatic carbocycles. The van der Waals surface area contributed by atoms with E-state index in [1.165, 1.54) is 37.7 Å². The SMILES string of the molecule is CN(C)S(=O)(=O)c1ccccc1CNC(=O)CNC1CCCCC1C(C)(C)C. The molecule has 1 amide bonds. The van der Waals surface area contributed by atoms with Crippen LogP contribution in [-0.2, 0) is 21.4 Å². The molecule has 0 bridgehead atoms. The number of carbonyl (C=O) groups is 1. The van der Waals surface area contributed by atoms with E-state index >= 15 is 0 Å². The Hall–Kier alpha value is -1.44. The summed E-state index contributed by atoms with van der Waals surface area (Å²) < 4.78 is 26.1. The van der Waals surface area contributed by atoms with Crippen molar-refractivity contribution in [3.05, 3.63) is 29.8 Å². The van der Waals surface area contributed by atoms with Gasteiger partial charge in [-0.3, -0.25) is 4.79 Å². The molecule has 1 fully saturated rings. The number of hydrogen-bond donors (Lipinski definition) is 2. The standard InChI is InChI=1S/C21H35N3O3S/c1-21(2,3)17-11-7-8-12-18(17)22-15-20(25)23-14-16-10-6-9-13-19(16)28(26,27)24(4)5/h6,9-10,13,17-18,22H,7-8,11-12,14-15H2,1-5H3,(H,23,25). The molecule has 1 aromatic carbocycles. The highest BCUT2D eigenvalue weighted by molar-refractivity contribution is 7.89. The number of nitrogens with one attached hydrogen (secondary N) is 2. The van der Waals surface area contributed by atoms with Gasteiger partial charge in [0.1, 0.15) is 0 Å². The van der Waals surface area contributed by atoms with Crippen molar-refractivity contribution in [2.24, 2.45) is 11.3 Å². The second-order valence-corrected chi connectivity index (χ2v) is 11.0. The van der Waals surface area contributed by atoms with Crippen molar-refractivity contribution in [2.75, 3.05) is 20.6 Å². The van der Waals surface area contributed by atoms with Crippen LogP contribution in [0.25, 0.3) is 0 Å². The number of hydrogen-bond acceptors (Lipinski definition) is 4. The van der Waals surface area contributed by atoms with Crippen molar-refractivity contribution in [1.29, 1.82) is 0 Å². The number of amides is 1. The van der Waals surface area contributed by atoms with E-state index in [1.807, 2.05) is 0 Å². The minimum atomic E-state index is -3.54. The summed E-state index contributed by atoms with van der Waals surface area (Å²) in [7, 11) is -0.533. The molecule has 2 rings (SSSR count). The molecule has 1 aromatic rings. The molecule has 28 heavy (non-hydrogen) atoms. The Bertz CT molecular complexity index is 769. The van der Waals surface area contributed by atoms with Gasteiger partial charge >= 0.3 is 0 Å². The van der Waals surface area contributed by atoms with E-state index < -0.39 is 10.0 Å². The Labute approximate surface area is 170 Å². The summed E-state index contributed by atoms with van der Waals surface area (Å²) >= 11 is 0. The van der Waals surface area contributed by atoms with Crippen LogP contribution in [0.1, 0.15) is 52.0 Å². The fourth-order valence-electron chi connectivity index (χ4n) is 3.99. The molecule has 0 aromatic heterocycles. The minimum absolute atomic E-state index is 0.115. The van der Waals surface area contributed by atoms with Crippen molar-refractivity contribution >= 4 is 15.9 Å². The number of nitrogens with zero attached hydrogens (tertiary/aromatic N) is 1. The number of rotatable bonds is 7. The van der Waals surface area contributed by atoms with E-state index in [-0.39, 0.29) is 29.3 Å². The molecule has 2 unspecified atom stereocenters. The predicted octanol–water partition coefficient (Wildman–Crippen LogP) is 2.75. The molecule has 7 heteroatoms. The van der Waals surface area contributed by atoms with Crippen molar-refractivity contribution in [3.8, 4) is 0 Å². The molecule has 0 heterocycles. The first-order valence-electron chi connectivity index (χ1n) is 10.0. The fraction of sp³-hybridized carbons (Fsp3) is 0.667. The van der Waals surface area contributed by atoms with Gasteiger partial charge in [0.2, 0.25) is 15.9 Å². The van der Waals surface area contributed by atoms with Gasteiger partial charge in [-0.1, -0.05) is 51.8 Å². The van der Waals surface area contributed by atoms with Crippen LogP contribution in [0, 0.1) is 11.3 Å².